The third kappa shape index (κ3) is 5.60. The van der Waals surface area contributed by atoms with Gasteiger partial charge in [0.15, 0.2) is 11.5 Å². The molecular formula is C23H27ClN2O6S. The van der Waals surface area contributed by atoms with Gasteiger partial charge in [0.25, 0.3) is 0 Å². The predicted octanol–water partition coefficient (Wildman–Crippen LogP) is 3.48. The first-order valence-corrected chi connectivity index (χ1v) is 12.7. The maximum absolute atomic E-state index is 13.0. The number of hydrogen-bond donors (Lipinski definition) is 1. The number of fused-ring (bicyclic) bond motifs is 1. The van der Waals surface area contributed by atoms with Gasteiger partial charge >= 0.3 is 0 Å². The number of carbonyl (C=O) groups is 1. The quantitative estimate of drug-likeness (QED) is 0.684. The Labute approximate surface area is 198 Å². The van der Waals surface area contributed by atoms with Gasteiger partial charge in [-0.3, -0.25) is 4.79 Å². The van der Waals surface area contributed by atoms with Crippen LogP contribution in [0, 0.1) is 0 Å². The molecule has 2 aliphatic heterocycles. The summed E-state index contributed by atoms with van der Waals surface area (Å²) in [6.45, 7) is 5.38. The van der Waals surface area contributed by atoms with Crippen LogP contribution in [0.2, 0.25) is 5.02 Å². The molecule has 2 aromatic rings. The van der Waals surface area contributed by atoms with Gasteiger partial charge in [0.05, 0.1) is 41.8 Å². The molecule has 0 aromatic heterocycles. The molecule has 0 unspecified atom stereocenters. The highest BCUT2D eigenvalue weighted by Gasteiger charge is 2.32. The molecular weight excluding hydrogens is 468 g/mol. The number of anilines is 1. The van der Waals surface area contributed by atoms with Gasteiger partial charge < -0.3 is 19.5 Å². The molecule has 2 heterocycles. The first kappa shape index (κ1) is 23.8. The number of halogens is 1. The van der Waals surface area contributed by atoms with Crippen LogP contribution in [0.15, 0.2) is 41.3 Å². The van der Waals surface area contributed by atoms with Crippen molar-refractivity contribution in [2.45, 2.75) is 43.8 Å². The second-order valence-corrected chi connectivity index (χ2v) is 10.6. The second kappa shape index (κ2) is 9.89. The van der Waals surface area contributed by atoms with E-state index in [1.54, 1.807) is 24.3 Å². The minimum absolute atomic E-state index is 0.0833. The van der Waals surface area contributed by atoms with Crippen LogP contribution < -0.4 is 14.8 Å². The van der Waals surface area contributed by atoms with E-state index in [4.69, 9.17) is 25.8 Å². The van der Waals surface area contributed by atoms with E-state index in [9.17, 15) is 13.2 Å². The van der Waals surface area contributed by atoms with E-state index in [2.05, 4.69) is 5.32 Å². The zero-order valence-corrected chi connectivity index (χ0v) is 20.1. The van der Waals surface area contributed by atoms with Gasteiger partial charge in [0.2, 0.25) is 15.9 Å². The fraction of sp³-hybridized carbons (Fsp3) is 0.435. The van der Waals surface area contributed by atoms with E-state index < -0.39 is 10.0 Å². The van der Waals surface area contributed by atoms with Crippen LogP contribution in [-0.2, 0) is 26.0 Å². The number of amides is 1. The lowest BCUT2D eigenvalue weighted by atomic mass is 10.1. The number of benzene rings is 2. The molecule has 2 aliphatic rings. The SMILES string of the molecule is C[C@@H]1CN(S(=O)(=O)c2ccc(NC(=O)Cc3cc(Cl)c4c(c3)OCCCO4)cc2)C[C@@H](C)O1. The highest BCUT2D eigenvalue weighted by Crippen LogP contribution is 2.38. The van der Waals surface area contributed by atoms with Crippen LogP contribution in [0.4, 0.5) is 5.69 Å². The zero-order chi connectivity index (χ0) is 23.6. The molecule has 2 atom stereocenters. The van der Waals surface area contributed by atoms with E-state index in [0.29, 0.717) is 54.1 Å². The van der Waals surface area contributed by atoms with Crippen molar-refractivity contribution in [2.75, 3.05) is 31.6 Å². The van der Waals surface area contributed by atoms with Crippen molar-refractivity contribution in [1.82, 2.24) is 4.31 Å². The average Bonchev–Trinajstić information content (AvgIpc) is 2.99. The number of nitrogens with one attached hydrogen (secondary N) is 1. The van der Waals surface area contributed by atoms with E-state index in [-0.39, 0.29) is 29.4 Å². The van der Waals surface area contributed by atoms with Crippen LogP contribution in [0.1, 0.15) is 25.8 Å². The van der Waals surface area contributed by atoms with Crippen LogP contribution in [0.25, 0.3) is 0 Å². The number of morpholine rings is 1. The number of ether oxygens (including phenoxy) is 3. The van der Waals surface area contributed by atoms with Gasteiger partial charge in [-0.15, -0.1) is 0 Å². The Balaban J connectivity index is 1.41. The molecule has 1 saturated heterocycles. The summed E-state index contributed by atoms with van der Waals surface area (Å²) in [5.41, 5.74) is 1.19. The normalized spacial score (nSPS) is 21.3. The Morgan fingerprint density at radius 1 is 1.09 bits per heavy atom. The molecule has 0 spiro atoms. The minimum atomic E-state index is -3.64. The van der Waals surface area contributed by atoms with Crippen molar-refractivity contribution in [3.63, 3.8) is 0 Å². The van der Waals surface area contributed by atoms with Gasteiger partial charge in [-0.25, -0.2) is 8.42 Å². The van der Waals surface area contributed by atoms with E-state index in [1.165, 1.54) is 16.4 Å². The average molecular weight is 495 g/mol. The summed E-state index contributed by atoms with van der Waals surface area (Å²) in [4.78, 5) is 12.7. The fourth-order valence-corrected chi connectivity index (χ4v) is 5.84. The van der Waals surface area contributed by atoms with E-state index >= 15 is 0 Å². The first-order chi connectivity index (χ1) is 15.7. The summed E-state index contributed by atoms with van der Waals surface area (Å²) in [5, 5.41) is 3.19. The van der Waals surface area contributed by atoms with Crippen LogP contribution in [-0.4, -0.2) is 57.1 Å². The summed E-state index contributed by atoms with van der Waals surface area (Å²) >= 11 is 6.30. The second-order valence-electron chi connectivity index (χ2n) is 8.28. The fourth-order valence-electron chi connectivity index (χ4n) is 3.96. The van der Waals surface area contributed by atoms with Crippen LogP contribution >= 0.6 is 11.6 Å². The molecule has 1 amide bonds. The van der Waals surface area contributed by atoms with Crippen molar-refractivity contribution in [1.29, 1.82) is 0 Å². The molecule has 33 heavy (non-hydrogen) atoms. The molecule has 0 radical (unpaired) electrons. The Bertz CT molecular complexity index is 1110. The minimum Gasteiger partial charge on any atom is -0.489 e. The van der Waals surface area contributed by atoms with Crippen molar-refractivity contribution < 1.29 is 27.4 Å². The third-order valence-electron chi connectivity index (χ3n) is 5.39. The molecule has 0 bridgehead atoms. The summed E-state index contributed by atoms with van der Waals surface area (Å²) in [7, 11) is -3.64. The molecule has 10 heteroatoms. The number of carbonyl (C=O) groups excluding carboxylic acids is 1. The third-order valence-corrected chi connectivity index (χ3v) is 7.52. The molecule has 2 aromatic carbocycles. The molecule has 1 N–H and O–H groups in total. The summed E-state index contributed by atoms with van der Waals surface area (Å²) in [6, 6.07) is 9.61. The summed E-state index contributed by atoms with van der Waals surface area (Å²) in [6.07, 6.45) is 0.511. The van der Waals surface area contributed by atoms with Crippen molar-refractivity contribution in [3.8, 4) is 11.5 Å². The van der Waals surface area contributed by atoms with Crippen molar-refractivity contribution in [2.24, 2.45) is 0 Å². The Morgan fingerprint density at radius 2 is 1.76 bits per heavy atom. The zero-order valence-electron chi connectivity index (χ0n) is 18.5. The van der Waals surface area contributed by atoms with Gasteiger partial charge in [-0.1, -0.05) is 11.6 Å². The van der Waals surface area contributed by atoms with Crippen molar-refractivity contribution >= 4 is 33.2 Å². The van der Waals surface area contributed by atoms with Gasteiger partial charge in [-0.05, 0) is 55.8 Å². The Morgan fingerprint density at radius 3 is 2.45 bits per heavy atom. The molecule has 0 saturated carbocycles. The Hall–Kier alpha value is -2.33. The lowest BCUT2D eigenvalue weighted by molar-refractivity contribution is -0.115. The van der Waals surface area contributed by atoms with Gasteiger partial charge in [0.1, 0.15) is 0 Å². The smallest absolute Gasteiger partial charge is 0.243 e. The highest BCUT2D eigenvalue weighted by atomic mass is 35.5. The number of nitrogens with zero attached hydrogens (tertiary/aromatic N) is 1. The van der Waals surface area contributed by atoms with Crippen LogP contribution in [0.5, 0.6) is 11.5 Å². The molecule has 4 rings (SSSR count). The van der Waals surface area contributed by atoms with Gasteiger partial charge in [0, 0.05) is 25.2 Å². The van der Waals surface area contributed by atoms with Gasteiger partial charge in [-0.2, -0.15) is 4.31 Å². The standard InChI is InChI=1S/C23H27ClN2O6S/c1-15-13-26(14-16(2)32-15)33(28,29)19-6-4-18(5-7-19)25-22(27)12-17-10-20(24)23-21(11-17)30-8-3-9-31-23/h4-7,10-11,15-16H,3,8-9,12-14H2,1-2H3,(H,25,27)/t15-,16-/m1/s1. The molecule has 0 aliphatic carbocycles. The number of rotatable bonds is 5. The maximum Gasteiger partial charge on any atom is 0.243 e. The van der Waals surface area contributed by atoms with E-state index in [0.717, 1.165) is 6.42 Å². The van der Waals surface area contributed by atoms with E-state index in [1.807, 2.05) is 13.8 Å². The van der Waals surface area contributed by atoms with Crippen LogP contribution in [0.3, 0.4) is 0 Å². The number of sulfonamides is 1. The largest absolute Gasteiger partial charge is 0.489 e. The monoisotopic (exact) mass is 494 g/mol. The topological polar surface area (TPSA) is 94.2 Å². The lowest BCUT2D eigenvalue weighted by Gasteiger charge is -2.34. The Kier molecular flexibility index (Phi) is 7.13. The van der Waals surface area contributed by atoms with Crippen molar-refractivity contribution in [3.05, 3.63) is 47.0 Å². The first-order valence-electron chi connectivity index (χ1n) is 10.9. The summed E-state index contributed by atoms with van der Waals surface area (Å²) < 4.78 is 44.3. The molecule has 178 valence electrons. The number of hydrogen-bond acceptors (Lipinski definition) is 6. The lowest BCUT2D eigenvalue weighted by Crippen LogP contribution is -2.48. The molecule has 1 fully saturated rings. The highest BCUT2D eigenvalue weighted by molar-refractivity contribution is 7.89. The maximum atomic E-state index is 13.0. The summed E-state index contributed by atoms with van der Waals surface area (Å²) in [5.74, 6) is 0.773. The molecule has 8 nitrogen and oxygen atoms in total. The predicted molar refractivity (Wildman–Crippen MR) is 125 cm³/mol.